The van der Waals surface area contributed by atoms with Crippen LogP contribution in [0.15, 0.2) is 70.6 Å². The van der Waals surface area contributed by atoms with E-state index in [0.717, 1.165) is 17.0 Å². The minimum absolute atomic E-state index is 0.105. The largest absolute Gasteiger partial charge is 0.390 e. The number of aliphatic hydroxyl groups excluding tert-OH is 1. The summed E-state index contributed by atoms with van der Waals surface area (Å²) in [5.41, 5.74) is -1.03. The van der Waals surface area contributed by atoms with Crippen LogP contribution in [0.3, 0.4) is 0 Å². The zero-order valence-electron chi connectivity index (χ0n) is 21.4. The molecule has 1 fully saturated rings. The number of hydrogen-bond acceptors (Lipinski definition) is 5. The molecule has 1 unspecified atom stereocenters. The molecular formula is C26H28F6N4O2S. The molecule has 2 aliphatic rings. The number of piperidine rings is 1. The lowest BCUT2D eigenvalue weighted by atomic mass is 9.95. The molecule has 5 rings (SSSR count). The van der Waals surface area contributed by atoms with E-state index in [9.17, 15) is 28.9 Å². The van der Waals surface area contributed by atoms with E-state index in [0.29, 0.717) is 42.3 Å². The van der Waals surface area contributed by atoms with Crippen molar-refractivity contribution in [1.29, 1.82) is 0 Å². The van der Waals surface area contributed by atoms with Crippen LogP contribution in [-0.2, 0) is 10.6 Å². The van der Waals surface area contributed by atoms with Crippen molar-refractivity contribution >= 4 is 22.1 Å². The van der Waals surface area contributed by atoms with Gasteiger partial charge in [0.05, 0.1) is 17.7 Å². The van der Waals surface area contributed by atoms with Crippen molar-refractivity contribution in [2.24, 2.45) is 5.16 Å². The fourth-order valence-corrected chi connectivity index (χ4v) is 5.53. The Balaban J connectivity index is 0.00000172. The second-order valence-corrected chi connectivity index (χ2v) is 11.4. The highest BCUT2D eigenvalue weighted by molar-refractivity contribution is 8.45. The van der Waals surface area contributed by atoms with E-state index in [4.69, 9.17) is 4.84 Å². The number of nitrogens with zero attached hydrogens (tertiary/aromatic N) is 4. The Labute approximate surface area is 221 Å². The molecule has 3 aromatic rings. The maximum atomic E-state index is 14.1. The van der Waals surface area contributed by atoms with Crippen LogP contribution < -0.4 is 0 Å². The van der Waals surface area contributed by atoms with Gasteiger partial charge in [-0.25, -0.2) is 9.37 Å². The normalized spacial score (nSPS) is 21.7. The summed E-state index contributed by atoms with van der Waals surface area (Å²) in [6.07, 6.45) is 4.54. The molecule has 0 saturated carbocycles. The summed E-state index contributed by atoms with van der Waals surface area (Å²) in [5, 5.41) is 14.3. The molecule has 6 nitrogen and oxygen atoms in total. The second-order valence-electron chi connectivity index (χ2n) is 9.00. The number of hydrogen-bond donors (Lipinski definition) is 1. The number of rotatable bonds is 5. The van der Waals surface area contributed by atoms with Gasteiger partial charge in [0.25, 0.3) is 5.72 Å². The third-order valence-corrected chi connectivity index (χ3v) is 7.49. The number of oxime groups is 1. The standard InChI is InChI=1S/C24H22F6N4O2S.C2H6/c1-16-13-33(15-31-16)21-9-4-17(12-22(21)37(26,27,28,29)30)11-18-3-2-10-34-23(18)32-36-24(34,14-35)19-5-7-20(25)8-6-19;1-2/h4-9,11-13,15,35H,2-3,10,14H2,1H3;1-2H3/b18-11+;. The summed E-state index contributed by atoms with van der Waals surface area (Å²) in [5.74, 6) is -0.225. The number of halogens is 6. The molecule has 0 spiro atoms. The Bertz CT molecular complexity index is 1440. The van der Waals surface area contributed by atoms with E-state index in [1.165, 1.54) is 49.5 Å². The average molecular weight is 575 g/mol. The quantitative estimate of drug-likeness (QED) is 0.318. The van der Waals surface area contributed by atoms with Gasteiger partial charge in [-0.2, -0.15) is 0 Å². The highest BCUT2D eigenvalue weighted by Crippen LogP contribution is 3.02. The molecule has 212 valence electrons. The van der Waals surface area contributed by atoms with E-state index in [1.807, 2.05) is 13.8 Å². The molecule has 0 radical (unpaired) electrons. The van der Waals surface area contributed by atoms with E-state index in [-0.39, 0.29) is 11.4 Å². The SMILES string of the molecule is CC.Cc1cn(-c2ccc(/C=C3\CCCN4C3=NOC4(CO)c3ccc(F)cc3)cc2S(F)(F)(F)(F)F)cn1. The summed E-state index contributed by atoms with van der Waals surface area (Å²) in [6, 6.07) is 8.01. The van der Waals surface area contributed by atoms with Gasteiger partial charge >= 0.3 is 10.2 Å². The zero-order chi connectivity index (χ0) is 28.7. The third kappa shape index (κ3) is 5.50. The van der Waals surface area contributed by atoms with Crippen LogP contribution in [0.25, 0.3) is 11.8 Å². The fraction of sp³-hybridized carbons (Fsp3) is 0.308. The Hall–Kier alpha value is -3.45. The van der Waals surface area contributed by atoms with Crippen LogP contribution in [0.4, 0.5) is 23.8 Å². The molecule has 39 heavy (non-hydrogen) atoms. The van der Waals surface area contributed by atoms with E-state index < -0.39 is 39.0 Å². The van der Waals surface area contributed by atoms with Crippen LogP contribution in [0, 0.1) is 12.7 Å². The lowest BCUT2D eigenvalue weighted by Gasteiger charge is -2.41. The van der Waals surface area contributed by atoms with Gasteiger partial charge in [0.15, 0.2) is 5.84 Å². The first-order valence-corrected chi connectivity index (χ1v) is 14.2. The maximum absolute atomic E-state index is 14.1. The molecule has 0 aliphatic carbocycles. The van der Waals surface area contributed by atoms with Crippen molar-refractivity contribution in [1.82, 2.24) is 14.5 Å². The zero-order valence-corrected chi connectivity index (χ0v) is 22.2. The number of benzene rings is 2. The van der Waals surface area contributed by atoms with Gasteiger partial charge in [-0.15, -0.1) is 0 Å². The lowest BCUT2D eigenvalue weighted by Crippen LogP contribution is -2.51. The molecule has 1 saturated heterocycles. The van der Waals surface area contributed by atoms with Gasteiger partial charge < -0.3 is 19.4 Å². The third-order valence-electron chi connectivity index (χ3n) is 6.33. The van der Waals surface area contributed by atoms with E-state index in [1.54, 1.807) is 4.90 Å². The van der Waals surface area contributed by atoms with Crippen molar-refractivity contribution in [2.75, 3.05) is 13.2 Å². The first-order chi connectivity index (χ1) is 18.2. The summed E-state index contributed by atoms with van der Waals surface area (Å²) in [6.45, 7) is 5.39. The Morgan fingerprint density at radius 3 is 2.36 bits per heavy atom. The molecule has 3 heterocycles. The monoisotopic (exact) mass is 574 g/mol. The van der Waals surface area contributed by atoms with Crippen molar-refractivity contribution in [3.05, 3.63) is 83.2 Å². The molecule has 0 bridgehead atoms. The second kappa shape index (κ2) is 9.33. The van der Waals surface area contributed by atoms with Crippen LogP contribution >= 0.6 is 10.2 Å². The fourth-order valence-electron chi connectivity index (χ4n) is 4.60. The van der Waals surface area contributed by atoms with Crippen LogP contribution in [0.2, 0.25) is 0 Å². The molecule has 1 N–H and O–H groups in total. The van der Waals surface area contributed by atoms with Crippen molar-refractivity contribution in [3.63, 3.8) is 0 Å². The van der Waals surface area contributed by atoms with Crippen LogP contribution in [0.1, 0.15) is 43.5 Å². The van der Waals surface area contributed by atoms with E-state index >= 15 is 0 Å². The molecular weight excluding hydrogens is 546 g/mol. The Morgan fingerprint density at radius 2 is 1.77 bits per heavy atom. The predicted molar refractivity (Wildman–Crippen MR) is 139 cm³/mol. The summed E-state index contributed by atoms with van der Waals surface area (Å²) in [7, 11) is -10.1. The van der Waals surface area contributed by atoms with Gasteiger partial charge in [0, 0.05) is 18.3 Å². The van der Waals surface area contributed by atoms with Crippen molar-refractivity contribution < 1.29 is 33.8 Å². The first kappa shape index (κ1) is 28.6. The number of amidine groups is 1. The van der Waals surface area contributed by atoms with Gasteiger partial charge in [0.1, 0.15) is 17.3 Å². The minimum atomic E-state index is -10.1. The number of fused-ring (bicyclic) bond motifs is 1. The molecule has 0 amide bonds. The number of aryl methyl sites for hydroxylation is 1. The predicted octanol–water partition coefficient (Wildman–Crippen LogP) is 7.67. The molecule has 1 atom stereocenters. The van der Waals surface area contributed by atoms with Gasteiger partial charge in [-0.3, -0.25) is 0 Å². The Kier molecular flexibility index (Phi) is 6.83. The highest BCUT2D eigenvalue weighted by atomic mass is 32.5. The summed E-state index contributed by atoms with van der Waals surface area (Å²) < 4.78 is 84.8. The summed E-state index contributed by atoms with van der Waals surface area (Å²) in [4.78, 5) is 9.07. The molecule has 2 aromatic carbocycles. The first-order valence-electron chi connectivity index (χ1n) is 12.2. The van der Waals surface area contributed by atoms with E-state index in [2.05, 4.69) is 10.1 Å². The smallest absolute Gasteiger partial charge is 0.312 e. The number of aromatic nitrogens is 2. The van der Waals surface area contributed by atoms with Crippen LogP contribution in [-0.4, -0.2) is 38.5 Å². The number of imidazole rings is 1. The summed E-state index contributed by atoms with van der Waals surface area (Å²) >= 11 is 0. The van der Waals surface area contributed by atoms with Crippen molar-refractivity contribution in [3.8, 4) is 5.69 Å². The minimum Gasteiger partial charge on any atom is -0.390 e. The van der Waals surface area contributed by atoms with Crippen molar-refractivity contribution in [2.45, 2.75) is 44.2 Å². The highest BCUT2D eigenvalue weighted by Gasteiger charge is 2.67. The lowest BCUT2D eigenvalue weighted by molar-refractivity contribution is -0.137. The Morgan fingerprint density at radius 1 is 1.08 bits per heavy atom. The molecule has 13 heteroatoms. The number of aliphatic hydroxyl groups is 1. The van der Waals surface area contributed by atoms with Gasteiger partial charge in [-0.05, 0) is 73.4 Å². The molecule has 2 aliphatic heterocycles. The maximum Gasteiger partial charge on any atom is 0.312 e. The van der Waals surface area contributed by atoms with Gasteiger partial charge in [0.2, 0.25) is 0 Å². The van der Waals surface area contributed by atoms with Gasteiger partial charge in [-0.1, -0.05) is 44.5 Å². The topological polar surface area (TPSA) is 62.9 Å². The van der Waals surface area contributed by atoms with Crippen LogP contribution in [0.5, 0.6) is 0 Å². The molecule has 1 aromatic heterocycles. The average Bonchev–Trinajstić information content (AvgIpc) is 3.49.